The van der Waals surface area contributed by atoms with Crippen LogP contribution in [0.4, 0.5) is 0 Å². The zero-order valence-corrected chi connectivity index (χ0v) is 10.9. The van der Waals surface area contributed by atoms with E-state index in [0.29, 0.717) is 10.7 Å². The predicted octanol–water partition coefficient (Wildman–Crippen LogP) is 4.26. The summed E-state index contributed by atoms with van der Waals surface area (Å²) in [6.45, 7) is 1.77. The van der Waals surface area contributed by atoms with Crippen molar-refractivity contribution in [2.24, 2.45) is 5.92 Å². The molecule has 0 spiro atoms. The monoisotopic (exact) mass is 294 g/mol. The molecule has 0 bridgehead atoms. The van der Waals surface area contributed by atoms with E-state index in [2.05, 4.69) is 15.9 Å². The van der Waals surface area contributed by atoms with Crippen LogP contribution < -0.4 is 0 Å². The van der Waals surface area contributed by atoms with E-state index < -0.39 is 0 Å². The fraction of sp³-hybridized carbons (Fsp3) is 0.600. The Morgan fingerprint density at radius 1 is 1.50 bits per heavy atom. The highest BCUT2D eigenvalue weighted by Crippen LogP contribution is 2.42. The van der Waals surface area contributed by atoms with Crippen molar-refractivity contribution in [1.29, 1.82) is 0 Å². The Kier molecular flexibility index (Phi) is 3.88. The van der Waals surface area contributed by atoms with Gasteiger partial charge in [-0.3, -0.25) is 0 Å². The quantitative estimate of drug-likeness (QED) is 0.741. The lowest BCUT2D eigenvalue weighted by Gasteiger charge is -2.26. The second kappa shape index (κ2) is 4.97. The van der Waals surface area contributed by atoms with Crippen molar-refractivity contribution < 1.29 is 4.74 Å². The molecule has 1 aliphatic heterocycles. The highest BCUT2D eigenvalue weighted by Gasteiger charge is 2.25. The minimum Gasteiger partial charge on any atom is -0.381 e. The van der Waals surface area contributed by atoms with E-state index in [1.807, 2.05) is 11.4 Å². The number of hydrogen-bond donors (Lipinski definition) is 0. The molecule has 1 aliphatic rings. The molecule has 0 aromatic carbocycles. The first-order valence-corrected chi connectivity index (χ1v) is 6.91. The maximum Gasteiger partial charge on any atom is 0.0556 e. The van der Waals surface area contributed by atoms with Crippen molar-refractivity contribution in [3.05, 3.63) is 21.3 Å². The maximum atomic E-state index is 6.10. The van der Waals surface area contributed by atoms with Crippen LogP contribution >= 0.6 is 38.9 Å². The lowest BCUT2D eigenvalue weighted by molar-refractivity contribution is 0.0664. The molecule has 14 heavy (non-hydrogen) atoms. The third-order valence-corrected chi connectivity index (χ3v) is 5.53. The lowest BCUT2D eigenvalue weighted by Crippen LogP contribution is -2.18. The number of rotatable bonds is 2. The van der Waals surface area contributed by atoms with Crippen molar-refractivity contribution in [3.63, 3.8) is 0 Å². The molecule has 1 aromatic heterocycles. The average Bonchev–Trinajstić information content (AvgIpc) is 2.65. The number of hydrogen-bond acceptors (Lipinski definition) is 2. The van der Waals surface area contributed by atoms with Gasteiger partial charge in [-0.05, 0) is 30.2 Å². The second-order valence-electron chi connectivity index (χ2n) is 3.48. The van der Waals surface area contributed by atoms with Gasteiger partial charge in [0, 0.05) is 18.1 Å². The largest absolute Gasteiger partial charge is 0.381 e. The molecule has 1 fully saturated rings. The molecule has 1 saturated heterocycles. The molecule has 0 radical (unpaired) electrons. The molecule has 78 valence electrons. The van der Waals surface area contributed by atoms with Crippen LogP contribution in [0, 0.1) is 5.92 Å². The standard InChI is InChI=1S/C10H12BrClOS/c11-9(7-1-4-13-5-2-7)10-8(12)3-6-14-10/h3,6-7,9H,1-2,4-5H2. The molecule has 2 heterocycles. The minimum absolute atomic E-state index is 0.402. The summed E-state index contributed by atoms with van der Waals surface area (Å²) < 4.78 is 5.35. The zero-order valence-electron chi connectivity index (χ0n) is 7.71. The third kappa shape index (κ3) is 2.32. The van der Waals surface area contributed by atoms with Gasteiger partial charge >= 0.3 is 0 Å². The summed E-state index contributed by atoms with van der Waals surface area (Å²) in [6.07, 6.45) is 2.26. The summed E-state index contributed by atoms with van der Waals surface area (Å²) in [5.41, 5.74) is 0. The van der Waals surface area contributed by atoms with Gasteiger partial charge in [-0.15, -0.1) is 11.3 Å². The summed E-state index contributed by atoms with van der Waals surface area (Å²) in [5, 5.41) is 2.94. The number of alkyl halides is 1. The summed E-state index contributed by atoms with van der Waals surface area (Å²) >= 11 is 11.6. The van der Waals surface area contributed by atoms with Gasteiger partial charge in [-0.25, -0.2) is 0 Å². The zero-order chi connectivity index (χ0) is 9.97. The molecule has 0 saturated carbocycles. The maximum absolute atomic E-state index is 6.10. The molecular formula is C10H12BrClOS. The minimum atomic E-state index is 0.402. The molecule has 1 unspecified atom stereocenters. The molecule has 2 rings (SSSR count). The van der Waals surface area contributed by atoms with E-state index in [9.17, 15) is 0 Å². The normalized spacial score (nSPS) is 21.0. The first-order valence-electron chi connectivity index (χ1n) is 4.73. The van der Waals surface area contributed by atoms with Gasteiger partial charge in [-0.1, -0.05) is 27.5 Å². The predicted molar refractivity (Wildman–Crippen MR) is 64.5 cm³/mol. The Labute approximate surface area is 102 Å². The van der Waals surface area contributed by atoms with Crippen LogP contribution in [-0.2, 0) is 4.74 Å². The summed E-state index contributed by atoms with van der Waals surface area (Å²) in [7, 11) is 0. The highest BCUT2D eigenvalue weighted by molar-refractivity contribution is 9.09. The fourth-order valence-corrected chi connectivity index (χ4v) is 4.20. The Morgan fingerprint density at radius 3 is 2.79 bits per heavy atom. The van der Waals surface area contributed by atoms with Crippen molar-refractivity contribution in [1.82, 2.24) is 0 Å². The van der Waals surface area contributed by atoms with Crippen LogP contribution in [0.1, 0.15) is 22.5 Å². The van der Waals surface area contributed by atoms with Gasteiger partial charge in [0.1, 0.15) is 0 Å². The number of ether oxygens (including phenoxy) is 1. The van der Waals surface area contributed by atoms with Crippen LogP contribution in [0.2, 0.25) is 5.02 Å². The van der Waals surface area contributed by atoms with E-state index >= 15 is 0 Å². The van der Waals surface area contributed by atoms with E-state index in [1.165, 1.54) is 4.88 Å². The molecular weight excluding hydrogens is 284 g/mol. The summed E-state index contributed by atoms with van der Waals surface area (Å²) in [6, 6.07) is 1.97. The van der Waals surface area contributed by atoms with Crippen LogP contribution in [0.3, 0.4) is 0 Å². The Morgan fingerprint density at radius 2 is 2.21 bits per heavy atom. The lowest BCUT2D eigenvalue weighted by atomic mass is 9.96. The SMILES string of the molecule is Clc1ccsc1C(Br)C1CCOCC1. The molecule has 0 N–H and O–H groups in total. The number of thiophene rings is 1. The highest BCUT2D eigenvalue weighted by atomic mass is 79.9. The van der Waals surface area contributed by atoms with Crippen molar-refractivity contribution in [2.45, 2.75) is 17.7 Å². The Bertz CT molecular complexity index is 296. The van der Waals surface area contributed by atoms with Gasteiger partial charge in [0.05, 0.1) is 9.85 Å². The smallest absolute Gasteiger partial charge is 0.0556 e. The molecule has 4 heteroatoms. The summed E-state index contributed by atoms with van der Waals surface area (Å²) in [4.78, 5) is 1.66. The van der Waals surface area contributed by atoms with E-state index in [4.69, 9.17) is 16.3 Å². The molecule has 1 atom stereocenters. The van der Waals surface area contributed by atoms with Gasteiger partial charge < -0.3 is 4.74 Å². The Balaban J connectivity index is 2.07. The van der Waals surface area contributed by atoms with E-state index in [-0.39, 0.29) is 0 Å². The van der Waals surface area contributed by atoms with Gasteiger partial charge in [0.15, 0.2) is 0 Å². The van der Waals surface area contributed by atoms with Crippen LogP contribution in [0.15, 0.2) is 11.4 Å². The van der Waals surface area contributed by atoms with Gasteiger partial charge in [0.25, 0.3) is 0 Å². The second-order valence-corrected chi connectivity index (χ2v) is 5.83. The first-order chi connectivity index (χ1) is 6.79. The van der Waals surface area contributed by atoms with E-state index in [1.54, 1.807) is 11.3 Å². The topological polar surface area (TPSA) is 9.23 Å². The van der Waals surface area contributed by atoms with Crippen LogP contribution in [0.5, 0.6) is 0 Å². The van der Waals surface area contributed by atoms with Gasteiger partial charge in [-0.2, -0.15) is 0 Å². The van der Waals surface area contributed by atoms with E-state index in [0.717, 1.165) is 31.1 Å². The first kappa shape index (κ1) is 10.9. The molecule has 1 nitrogen and oxygen atoms in total. The van der Waals surface area contributed by atoms with Crippen molar-refractivity contribution in [2.75, 3.05) is 13.2 Å². The molecule has 0 amide bonds. The average molecular weight is 296 g/mol. The Hall–Kier alpha value is 0.430. The third-order valence-electron chi connectivity index (χ3n) is 2.58. The number of halogens is 2. The van der Waals surface area contributed by atoms with Gasteiger partial charge in [0.2, 0.25) is 0 Å². The van der Waals surface area contributed by atoms with Crippen LogP contribution in [-0.4, -0.2) is 13.2 Å². The summed E-state index contributed by atoms with van der Waals surface area (Å²) in [5.74, 6) is 0.667. The fourth-order valence-electron chi connectivity index (χ4n) is 1.72. The molecule has 1 aromatic rings. The van der Waals surface area contributed by atoms with Crippen molar-refractivity contribution in [3.8, 4) is 0 Å². The van der Waals surface area contributed by atoms with Crippen molar-refractivity contribution >= 4 is 38.9 Å². The molecule has 0 aliphatic carbocycles. The van der Waals surface area contributed by atoms with Crippen LogP contribution in [0.25, 0.3) is 0 Å².